The van der Waals surface area contributed by atoms with Crippen molar-refractivity contribution < 1.29 is 17.6 Å². The molecule has 2 rings (SSSR count). The number of aromatic nitrogens is 2. The summed E-state index contributed by atoms with van der Waals surface area (Å²) < 4.78 is 42.9. The van der Waals surface area contributed by atoms with Crippen molar-refractivity contribution in [3.63, 3.8) is 0 Å². The van der Waals surface area contributed by atoms with E-state index < -0.39 is 16.1 Å². The quantitative estimate of drug-likeness (QED) is 0.575. The maximum absolute atomic E-state index is 14.0. The first-order chi connectivity index (χ1) is 14.6. The molecule has 0 unspecified atom stereocenters. The van der Waals surface area contributed by atoms with Gasteiger partial charge in [-0.1, -0.05) is 33.6 Å². The highest BCUT2D eigenvalue weighted by atomic mass is 32.2. The maximum Gasteiger partial charge on any atom is 0.333 e. The molecule has 2 N–H and O–H groups in total. The summed E-state index contributed by atoms with van der Waals surface area (Å²) in [4.78, 5) is 14.6. The molecule has 2 amide bonds. The van der Waals surface area contributed by atoms with Gasteiger partial charge in [0, 0.05) is 25.3 Å². The van der Waals surface area contributed by atoms with Crippen molar-refractivity contribution in [1.29, 1.82) is 0 Å². The van der Waals surface area contributed by atoms with Crippen LogP contribution in [0.25, 0.3) is 0 Å². The number of nitrogens with one attached hydrogen (secondary N) is 2. The lowest BCUT2D eigenvalue weighted by Gasteiger charge is -2.16. The van der Waals surface area contributed by atoms with E-state index in [4.69, 9.17) is 0 Å². The summed E-state index contributed by atoms with van der Waals surface area (Å²) in [6.45, 7) is 7.22. The number of carbonyl (C=O) groups excluding carboxylic acids is 1. The topological polar surface area (TPSA) is 96.3 Å². The van der Waals surface area contributed by atoms with Gasteiger partial charge in [0.2, 0.25) is 0 Å². The molecule has 0 aliphatic carbocycles. The molecule has 0 aliphatic rings. The molecule has 0 bridgehead atoms. The molecule has 0 saturated heterocycles. The number of carbonyl (C=O) groups is 1. The van der Waals surface area contributed by atoms with E-state index in [-0.39, 0.29) is 10.8 Å². The van der Waals surface area contributed by atoms with Crippen molar-refractivity contribution in [2.24, 2.45) is 7.05 Å². The largest absolute Gasteiger partial charge is 0.333 e. The van der Waals surface area contributed by atoms with Gasteiger partial charge in [0.05, 0.1) is 5.69 Å². The van der Waals surface area contributed by atoms with Crippen LogP contribution in [0.2, 0.25) is 0 Å². The van der Waals surface area contributed by atoms with E-state index >= 15 is 0 Å². The average Bonchev–Trinajstić information content (AvgIpc) is 3.05. The Kier molecular flexibility index (Phi) is 8.58. The minimum Gasteiger partial charge on any atom is -0.307 e. The van der Waals surface area contributed by atoms with Crippen LogP contribution in [-0.2, 0) is 36.5 Å². The SMILES string of the molecule is CCCc1cc(F)cc(CCC)c1NC(=O)NS(=O)(=O)c1cc(CN(C)CC)n(C)n1. The molecular formula is C21H32FN5O3S. The molecule has 8 nitrogen and oxygen atoms in total. The highest BCUT2D eigenvalue weighted by Crippen LogP contribution is 2.26. The van der Waals surface area contributed by atoms with Crippen LogP contribution in [0.1, 0.15) is 50.4 Å². The van der Waals surface area contributed by atoms with E-state index in [0.717, 1.165) is 19.4 Å². The van der Waals surface area contributed by atoms with Gasteiger partial charge in [-0.25, -0.2) is 13.9 Å². The fourth-order valence-corrected chi connectivity index (χ4v) is 4.20. The van der Waals surface area contributed by atoms with Crippen LogP contribution in [0.4, 0.5) is 14.9 Å². The molecule has 0 radical (unpaired) electrons. The number of sulfonamides is 1. The van der Waals surface area contributed by atoms with Gasteiger partial charge in [0.15, 0.2) is 5.03 Å². The Balaban J connectivity index is 2.25. The second-order valence-electron chi connectivity index (χ2n) is 7.59. The summed E-state index contributed by atoms with van der Waals surface area (Å²) in [5.74, 6) is -0.372. The van der Waals surface area contributed by atoms with Crippen molar-refractivity contribution in [3.8, 4) is 0 Å². The lowest BCUT2D eigenvalue weighted by atomic mass is 10.00. The van der Waals surface area contributed by atoms with Gasteiger partial charge in [-0.05, 0) is 49.7 Å². The Morgan fingerprint density at radius 2 is 1.71 bits per heavy atom. The van der Waals surface area contributed by atoms with Crippen LogP contribution >= 0.6 is 0 Å². The van der Waals surface area contributed by atoms with Gasteiger partial charge in [-0.15, -0.1) is 0 Å². The van der Waals surface area contributed by atoms with Crippen LogP contribution in [-0.4, -0.2) is 42.7 Å². The van der Waals surface area contributed by atoms with Gasteiger partial charge < -0.3 is 10.2 Å². The van der Waals surface area contributed by atoms with Crippen LogP contribution in [0.3, 0.4) is 0 Å². The molecule has 1 aromatic carbocycles. The van der Waals surface area contributed by atoms with E-state index in [2.05, 4.69) is 10.4 Å². The summed E-state index contributed by atoms with van der Waals surface area (Å²) in [6.07, 6.45) is 2.63. The Morgan fingerprint density at radius 3 is 2.23 bits per heavy atom. The number of anilines is 1. The Hall–Kier alpha value is -2.46. The zero-order valence-electron chi connectivity index (χ0n) is 18.8. The summed E-state index contributed by atoms with van der Waals surface area (Å²) in [7, 11) is -0.598. The van der Waals surface area contributed by atoms with Gasteiger partial charge in [-0.2, -0.15) is 13.5 Å². The van der Waals surface area contributed by atoms with Crippen LogP contribution in [0.5, 0.6) is 0 Å². The van der Waals surface area contributed by atoms with Crippen LogP contribution in [0, 0.1) is 5.82 Å². The third-order valence-electron chi connectivity index (χ3n) is 4.97. The maximum atomic E-state index is 14.0. The highest BCUT2D eigenvalue weighted by Gasteiger charge is 2.24. The molecule has 0 saturated carbocycles. The zero-order chi connectivity index (χ0) is 23.2. The van der Waals surface area contributed by atoms with Gasteiger partial charge in [0.1, 0.15) is 5.82 Å². The minimum atomic E-state index is -4.17. The molecule has 31 heavy (non-hydrogen) atoms. The van der Waals surface area contributed by atoms with Crippen LogP contribution < -0.4 is 10.0 Å². The van der Waals surface area contributed by atoms with Crippen molar-refractivity contribution in [2.45, 2.75) is 58.0 Å². The van der Waals surface area contributed by atoms with Gasteiger partial charge in [0.25, 0.3) is 10.0 Å². The molecule has 172 valence electrons. The number of urea groups is 1. The predicted molar refractivity (Wildman–Crippen MR) is 119 cm³/mol. The smallest absolute Gasteiger partial charge is 0.307 e. The molecule has 0 spiro atoms. The Labute approximate surface area is 183 Å². The molecular weight excluding hydrogens is 421 g/mol. The first-order valence-corrected chi connectivity index (χ1v) is 12.0. The van der Waals surface area contributed by atoms with E-state index in [1.54, 1.807) is 7.05 Å². The summed E-state index contributed by atoms with van der Waals surface area (Å²) in [5.41, 5.74) is 2.45. The Morgan fingerprint density at radius 1 is 1.13 bits per heavy atom. The number of rotatable bonds is 10. The number of halogens is 1. The third kappa shape index (κ3) is 6.51. The fraction of sp³-hybridized carbons (Fsp3) is 0.524. The first-order valence-electron chi connectivity index (χ1n) is 10.5. The molecule has 10 heteroatoms. The van der Waals surface area contributed by atoms with E-state index in [9.17, 15) is 17.6 Å². The second kappa shape index (κ2) is 10.7. The molecule has 0 aliphatic heterocycles. The van der Waals surface area contributed by atoms with E-state index in [1.807, 2.05) is 37.4 Å². The molecule has 0 atom stereocenters. The van der Waals surface area contributed by atoms with E-state index in [0.29, 0.717) is 41.9 Å². The Bertz CT molecular complexity index is 993. The van der Waals surface area contributed by atoms with Crippen molar-refractivity contribution in [2.75, 3.05) is 18.9 Å². The number of nitrogens with zero attached hydrogens (tertiary/aromatic N) is 3. The first kappa shape index (κ1) is 24.8. The lowest BCUT2D eigenvalue weighted by molar-refractivity contribution is 0.256. The fourth-order valence-electron chi connectivity index (χ4n) is 3.28. The average molecular weight is 454 g/mol. The number of hydrogen-bond acceptors (Lipinski definition) is 5. The number of amides is 2. The number of benzene rings is 1. The van der Waals surface area contributed by atoms with Crippen LogP contribution in [0.15, 0.2) is 23.2 Å². The second-order valence-corrected chi connectivity index (χ2v) is 9.22. The summed E-state index contributed by atoms with van der Waals surface area (Å²) in [5, 5.41) is 6.44. The lowest BCUT2D eigenvalue weighted by Crippen LogP contribution is -2.35. The monoisotopic (exact) mass is 453 g/mol. The standard InChI is InChI=1S/C21H32FN5O3S/c1-6-9-15-11-17(22)12-16(10-7-2)20(15)23-21(28)25-31(29,30)19-13-18(27(5)24-19)14-26(4)8-3/h11-13H,6-10,14H2,1-5H3,(H2,23,25,28). The third-order valence-corrected chi connectivity index (χ3v) is 6.18. The van der Waals surface area contributed by atoms with Crippen molar-refractivity contribution in [1.82, 2.24) is 19.4 Å². The summed E-state index contributed by atoms with van der Waals surface area (Å²) >= 11 is 0. The van der Waals surface area contributed by atoms with Crippen molar-refractivity contribution in [3.05, 3.63) is 40.8 Å². The summed E-state index contributed by atoms with van der Waals surface area (Å²) in [6, 6.07) is 3.30. The number of aryl methyl sites for hydroxylation is 3. The molecule has 0 fully saturated rings. The zero-order valence-corrected chi connectivity index (χ0v) is 19.6. The minimum absolute atomic E-state index is 0.230. The van der Waals surface area contributed by atoms with Gasteiger partial charge in [-0.3, -0.25) is 4.68 Å². The normalized spacial score (nSPS) is 11.7. The molecule has 2 aromatic rings. The highest BCUT2D eigenvalue weighted by molar-refractivity contribution is 7.90. The van der Waals surface area contributed by atoms with Crippen molar-refractivity contribution >= 4 is 21.7 Å². The number of hydrogen-bond donors (Lipinski definition) is 2. The predicted octanol–water partition coefficient (Wildman–Crippen LogP) is 3.43. The van der Waals surface area contributed by atoms with E-state index in [1.165, 1.54) is 22.9 Å². The van der Waals surface area contributed by atoms with Gasteiger partial charge >= 0.3 is 6.03 Å². The molecule has 1 aromatic heterocycles. The molecule has 1 heterocycles.